The summed E-state index contributed by atoms with van der Waals surface area (Å²) in [7, 11) is 0. The fourth-order valence-corrected chi connectivity index (χ4v) is 1.65. The highest BCUT2D eigenvalue weighted by Gasteiger charge is 2.05. The molecule has 2 aromatic heterocycles. The summed E-state index contributed by atoms with van der Waals surface area (Å²) in [6.07, 6.45) is 3.51. The Labute approximate surface area is 91.8 Å². The van der Waals surface area contributed by atoms with E-state index in [1.165, 1.54) is 0 Å². The SMILES string of the molecule is Oc1ccccc1-c1ccn2nccc2n1. The molecular weight excluding hydrogens is 202 g/mol. The van der Waals surface area contributed by atoms with Gasteiger partial charge < -0.3 is 5.11 Å². The summed E-state index contributed by atoms with van der Waals surface area (Å²) < 4.78 is 1.68. The minimum Gasteiger partial charge on any atom is -0.507 e. The molecule has 0 spiro atoms. The predicted octanol–water partition coefficient (Wildman–Crippen LogP) is 2.10. The number of para-hydroxylation sites is 1. The van der Waals surface area contributed by atoms with Crippen LogP contribution < -0.4 is 0 Å². The fraction of sp³-hybridized carbons (Fsp3) is 0. The second-order valence-corrected chi connectivity index (χ2v) is 3.46. The Hall–Kier alpha value is -2.36. The van der Waals surface area contributed by atoms with E-state index in [1.807, 2.05) is 30.5 Å². The number of benzene rings is 1. The molecule has 1 N–H and O–H groups in total. The normalized spacial score (nSPS) is 10.8. The van der Waals surface area contributed by atoms with Gasteiger partial charge in [0.15, 0.2) is 5.65 Å². The maximum absolute atomic E-state index is 9.72. The summed E-state index contributed by atoms with van der Waals surface area (Å²) in [6.45, 7) is 0. The standard InChI is InChI=1S/C12H9N3O/c16-11-4-2-1-3-9(11)10-6-8-15-12(14-10)5-7-13-15/h1-8,16H. The molecule has 0 amide bonds. The molecule has 0 unspecified atom stereocenters. The van der Waals surface area contributed by atoms with Crippen LogP contribution in [0.15, 0.2) is 48.8 Å². The van der Waals surface area contributed by atoms with Gasteiger partial charge in [0.2, 0.25) is 0 Å². The first-order valence-corrected chi connectivity index (χ1v) is 4.93. The number of aromatic nitrogens is 3. The lowest BCUT2D eigenvalue weighted by molar-refractivity contribution is 0.477. The average Bonchev–Trinajstić information content (AvgIpc) is 2.76. The molecule has 3 rings (SSSR count). The molecule has 4 heteroatoms. The van der Waals surface area contributed by atoms with Crippen LogP contribution >= 0.6 is 0 Å². The minimum absolute atomic E-state index is 0.235. The highest BCUT2D eigenvalue weighted by molar-refractivity contribution is 5.67. The lowest BCUT2D eigenvalue weighted by atomic mass is 10.1. The number of fused-ring (bicyclic) bond motifs is 1. The van der Waals surface area contributed by atoms with Gasteiger partial charge in [0.25, 0.3) is 0 Å². The van der Waals surface area contributed by atoms with Crippen LogP contribution in [-0.4, -0.2) is 19.7 Å². The van der Waals surface area contributed by atoms with Gasteiger partial charge in [-0.05, 0) is 18.2 Å². The molecule has 4 nitrogen and oxygen atoms in total. The predicted molar refractivity (Wildman–Crippen MR) is 60.1 cm³/mol. The van der Waals surface area contributed by atoms with Crippen molar-refractivity contribution in [1.29, 1.82) is 0 Å². The van der Waals surface area contributed by atoms with Crippen LogP contribution in [-0.2, 0) is 0 Å². The Kier molecular flexibility index (Phi) is 1.86. The van der Waals surface area contributed by atoms with E-state index in [1.54, 1.807) is 22.8 Å². The van der Waals surface area contributed by atoms with Crippen molar-refractivity contribution in [2.45, 2.75) is 0 Å². The molecule has 0 radical (unpaired) electrons. The van der Waals surface area contributed by atoms with Gasteiger partial charge in [-0.25, -0.2) is 9.50 Å². The van der Waals surface area contributed by atoms with E-state index in [4.69, 9.17) is 0 Å². The van der Waals surface area contributed by atoms with E-state index >= 15 is 0 Å². The number of hydrogen-bond acceptors (Lipinski definition) is 3. The Morgan fingerprint density at radius 3 is 2.81 bits per heavy atom. The van der Waals surface area contributed by atoms with E-state index in [0.717, 1.165) is 16.9 Å². The third-order valence-corrected chi connectivity index (χ3v) is 2.44. The van der Waals surface area contributed by atoms with Gasteiger partial charge in [0.1, 0.15) is 5.75 Å². The minimum atomic E-state index is 0.235. The van der Waals surface area contributed by atoms with Crippen LogP contribution in [0.3, 0.4) is 0 Å². The Morgan fingerprint density at radius 2 is 1.94 bits per heavy atom. The van der Waals surface area contributed by atoms with Crippen molar-refractivity contribution < 1.29 is 5.11 Å². The molecule has 1 aromatic carbocycles. The summed E-state index contributed by atoms with van der Waals surface area (Å²) in [5.41, 5.74) is 2.23. The fourth-order valence-electron chi connectivity index (χ4n) is 1.65. The molecular formula is C12H9N3O. The molecule has 16 heavy (non-hydrogen) atoms. The van der Waals surface area contributed by atoms with Crippen LogP contribution in [0.2, 0.25) is 0 Å². The van der Waals surface area contributed by atoms with Gasteiger partial charge in [-0.2, -0.15) is 5.10 Å². The smallest absolute Gasteiger partial charge is 0.155 e. The Morgan fingerprint density at radius 1 is 1.06 bits per heavy atom. The van der Waals surface area contributed by atoms with Crippen molar-refractivity contribution in [3.63, 3.8) is 0 Å². The highest BCUT2D eigenvalue weighted by Crippen LogP contribution is 2.26. The number of phenols is 1. The summed E-state index contributed by atoms with van der Waals surface area (Å²) in [5.74, 6) is 0.235. The van der Waals surface area contributed by atoms with Gasteiger partial charge in [0, 0.05) is 17.8 Å². The maximum atomic E-state index is 9.72. The van der Waals surface area contributed by atoms with Crippen LogP contribution in [0.25, 0.3) is 16.9 Å². The number of hydrogen-bond donors (Lipinski definition) is 1. The second-order valence-electron chi connectivity index (χ2n) is 3.46. The number of rotatable bonds is 1. The van der Waals surface area contributed by atoms with Gasteiger partial charge in [-0.15, -0.1) is 0 Å². The Bertz CT molecular complexity index is 645. The molecule has 0 aliphatic heterocycles. The number of aromatic hydroxyl groups is 1. The van der Waals surface area contributed by atoms with E-state index in [0.29, 0.717) is 0 Å². The first kappa shape index (κ1) is 8.91. The quantitative estimate of drug-likeness (QED) is 0.670. The lowest BCUT2D eigenvalue weighted by Crippen LogP contribution is -1.91. The van der Waals surface area contributed by atoms with Gasteiger partial charge >= 0.3 is 0 Å². The third kappa shape index (κ3) is 1.32. The topological polar surface area (TPSA) is 50.4 Å². The zero-order chi connectivity index (χ0) is 11.0. The van der Waals surface area contributed by atoms with Crippen molar-refractivity contribution in [2.75, 3.05) is 0 Å². The van der Waals surface area contributed by atoms with E-state index < -0.39 is 0 Å². The molecule has 0 saturated carbocycles. The molecule has 0 aliphatic rings. The Balaban J connectivity index is 2.22. The van der Waals surface area contributed by atoms with Gasteiger partial charge in [0.05, 0.1) is 11.9 Å². The zero-order valence-electron chi connectivity index (χ0n) is 8.41. The lowest BCUT2D eigenvalue weighted by Gasteiger charge is -2.03. The second kappa shape index (κ2) is 3.34. The van der Waals surface area contributed by atoms with E-state index in [-0.39, 0.29) is 5.75 Å². The van der Waals surface area contributed by atoms with Crippen LogP contribution in [0.1, 0.15) is 0 Å². The van der Waals surface area contributed by atoms with Gasteiger partial charge in [-0.3, -0.25) is 0 Å². The summed E-state index contributed by atoms with van der Waals surface area (Å²) in [6, 6.07) is 10.8. The molecule has 0 fully saturated rings. The molecule has 0 saturated heterocycles. The monoisotopic (exact) mass is 211 g/mol. The maximum Gasteiger partial charge on any atom is 0.155 e. The summed E-state index contributed by atoms with van der Waals surface area (Å²) in [4.78, 5) is 4.41. The van der Waals surface area contributed by atoms with Crippen LogP contribution in [0.5, 0.6) is 5.75 Å². The number of phenolic OH excluding ortho intramolecular Hbond substituents is 1. The highest BCUT2D eigenvalue weighted by atomic mass is 16.3. The zero-order valence-corrected chi connectivity index (χ0v) is 8.41. The number of nitrogens with zero attached hydrogens (tertiary/aromatic N) is 3. The molecule has 0 atom stereocenters. The third-order valence-electron chi connectivity index (χ3n) is 2.44. The molecule has 0 bridgehead atoms. The molecule has 3 aromatic rings. The van der Waals surface area contributed by atoms with Crippen molar-refractivity contribution in [1.82, 2.24) is 14.6 Å². The van der Waals surface area contributed by atoms with Gasteiger partial charge in [-0.1, -0.05) is 12.1 Å². The molecule has 78 valence electrons. The van der Waals surface area contributed by atoms with Crippen molar-refractivity contribution in [2.24, 2.45) is 0 Å². The largest absolute Gasteiger partial charge is 0.507 e. The molecule has 2 heterocycles. The van der Waals surface area contributed by atoms with E-state index in [2.05, 4.69) is 10.1 Å². The van der Waals surface area contributed by atoms with Crippen molar-refractivity contribution in [3.8, 4) is 17.0 Å². The summed E-state index contributed by atoms with van der Waals surface area (Å²) in [5, 5.41) is 13.8. The van der Waals surface area contributed by atoms with Crippen molar-refractivity contribution in [3.05, 3.63) is 48.8 Å². The summed E-state index contributed by atoms with van der Waals surface area (Å²) >= 11 is 0. The van der Waals surface area contributed by atoms with E-state index in [9.17, 15) is 5.11 Å². The van der Waals surface area contributed by atoms with Crippen LogP contribution in [0.4, 0.5) is 0 Å². The molecule has 0 aliphatic carbocycles. The van der Waals surface area contributed by atoms with Crippen molar-refractivity contribution >= 4 is 5.65 Å². The first-order chi connectivity index (χ1) is 7.84. The average molecular weight is 211 g/mol. The van der Waals surface area contributed by atoms with Crippen LogP contribution in [0, 0.1) is 0 Å². The first-order valence-electron chi connectivity index (χ1n) is 4.93.